The van der Waals surface area contributed by atoms with Crippen LogP contribution in [0.3, 0.4) is 0 Å². The molecule has 29 heavy (non-hydrogen) atoms. The molecule has 152 valence electrons. The number of likely N-dealkylation sites (N-methyl/N-ethyl adjacent to an activating group) is 1. The maximum absolute atomic E-state index is 14.0. The summed E-state index contributed by atoms with van der Waals surface area (Å²) in [6, 6.07) is 6.16. The van der Waals surface area contributed by atoms with Crippen molar-refractivity contribution in [2.24, 2.45) is 0 Å². The van der Waals surface area contributed by atoms with Crippen LogP contribution in [-0.4, -0.2) is 31.9 Å². The number of nitro benzene ring substituents is 1. The quantitative estimate of drug-likeness (QED) is 0.566. The second kappa shape index (κ2) is 6.10. The van der Waals surface area contributed by atoms with Gasteiger partial charge in [-0.25, -0.2) is 4.39 Å². The Hall–Kier alpha value is -3.29. The van der Waals surface area contributed by atoms with Gasteiger partial charge in [0.25, 0.3) is 0 Å². The molecule has 1 atom stereocenters. The third kappa shape index (κ3) is 2.35. The van der Waals surface area contributed by atoms with Crippen LogP contribution in [0.1, 0.15) is 25.0 Å². The molecule has 1 unspecified atom stereocenters. The lowest BCUT2D eigenvalue weighted by Crippen LogP contribution is -2.58. The lowest BCUT2D eigenvalue weighted by molar-refractivity contribution is -0.386. The van der Waals surface area contributed by atoms with Crippen molar-refractivity contribution in [3.8, 4) is 17.2 Å². The molecule has 0 fully saturated rings. The van der Waals surface area contributed by atoms with Gasteiger partial charge in [-0.2, -0.15) is 0 Å². The Labute approximate surface area is 167 Å². The molecule has 8 heteroatoms. The minimum atomic E-state index is -0.956. The number of hydrogen-bond donors (Lipinski definition) is 0. The van der Waals surface area contributed by atoms with Gasteiger partial charge in [0.15, 0.2) is 0 Å². The molecule has 7 nitrogen and oxygen atoms in total. The van der Waals surface area contributed by atoms with Gasteiger partial charge >= 0.3 is 5.69 Å². The third-order valence-corrected chi connectivity index (χ3v) is 5.96. The number of nitrogens with zero attached hydrogens (tertiary/aromatic N) is 2. The maximum atomic E-state index is 14.0. The second-order valence-electron chi connectivity index (χ2n) is 7.61. The van der Waals surface area contributed by atoms with Crippen molar-refractivity contribution < 1.29 is 23.5 Å². The van der Waals surface area contributed by atoms with E-state index in [2.05, 4.69) is 0 Å². The first kappa shape index (κ1) is 19.0. The number of anilines is 1. The predicted molar refractivity (Wildman–Crippen MR) is 106 cm³/mol. The van der Waals surface area contributed by atoms with Gasteiger partial charge in [0, 0.05) is 18.8 Å². The highest BCUT2D eigenvalue weighted by molar-refractivity contribution is 5.79. The van der Waals surface area contributed by atoms with Crippen molar-refractivity contribution in [1.82, 2.24) is 0 Å². The molecule has 0 saturated heterocycles. The first-order chi connectivity index (χ1) is 13.7. The van der Waals surface area contributed by atoms with Gasteiger partial charge in [-0.1, -0.05) is 0 Å². The summed E-state index contributed by atoms with van der Waals surface area (Å²) in [4.78, 5) is 13.0. The highest BCUT2D eigenvalue weighted by Crippen LogP contribution is 2.56. The lowest BCUT2D eigenvalue weighted by atomic mass is 9.76. The number of methoxy groups -OCH3 is 2. The average Bonchev–Trinajstić information content (AvgIpc) is 2.84. The van der Waals surface area contributed by atoms with E-state index in [9.17, 15) is 14.5 Å². The number of benzene rings is 2. The summed E-state index contributed by atoms with van der Waals surface area (Å²) in [6.45, 7) is 3.95. The molecule has 4 rings (SSSR count). The summed E-state index contributed by atoms with van der Waals surface area (Å²) in [5.41, 5.74) is 0.288. The molecule has 1 spiro atoms. The van der Waals surface area contributed by atoms with Gasteiger partial charge in [0.2, 0.25) is 17.2 Å². The van der Waals surface area contributed by atoms with Gasteiger partial charge in [-0.3, -0.25) is 10.1 Å². The molecular weight excluding hydrogens is 379 g/mol. The monoisotopic (exact) mass is 400 g/mol. The zero-order valence-electron chi connectivity index (χ0n) is 16.8. The van der Waals surface area contributed by atoms with E-state index in [0.29, 0.717) is 11.3 Å². The van der Waals surface area contributed by atoms with Crippen molar-refractivity contribution in [3.63, 3.8) is 0 Å². The van der Waals surface area contributed by atoms with Crippen LogP contribution in [0.15, 0.2) is 30.3 Å². The number of halogens is 1. The van der Waals surface area contributed by atoms with Gasteiger partial charge in [0.1, 0.15) is 11.6 Å². The molecule has 2 heterocycles. The molecule has 2 aliphatic heterocycles. The van der Waals surface area contributed by atoms with Crippen molar-refractivity contribution in [2.45, 2.75) is 25.0 Å². The maximum Gasteiger partial charge on any atom is 0.353 e. The van der Waals surface area contributed by atoms with Gasteiger partial charge in [-0.05, 0) is 49.8 Å². The minimum Gasteiger partial charge on any atom is -0.490 e. The minimum absolute atomic E-state index is 0.0399. The van der Waals surface area contributed by atoms with E-state index in [1.54, 1.807) is 12.1 Å². The number of fused-ring (bicyclic) bond motifs is 2. The molecule has 0 aliphatic carbocycles. The smallest absolute Gasteiger partial charge is 0.353 e. The number of ether oxygens (including phenoxy) is 3. The van der Waals surface area contributed by atoms with E-state index in [4.69, 9.17) is 14.2 Å². The third-order valence-electron chi connectivity index (χ3n) is 5.96. The summed E-state index contributed by atoms with van der Waals surface area (Å²) in [5, 5.41) is 11.6. The fourth-order valence-corrected chi connectivity index (χ4v) is 4.40. The van der Waals surface area contributed by atoms with Crippen molar-refractivity contribution in [3.05, 3.63) is 57.4 Å². The molecule has 2 aliphatic rings. The van der Waals surface area contributed by atoms with Crippen LogP contribution in [0.25, 0.3) is 6.08 Å². The van der Waals surface area contributed by atoms with Crippen LogP contribution >= 0.6 is 0 Å². The Kier molecular flexibility index (Phi) is 4.01. The molecular formula is C21H21FN2O5. The van der Waals surface area contributed by atoms with Crippen LogP contribution in [0.4, 0.5) is 15.8 Å². The van der Waals surface area contributed by atoms with E-state index < -0.39 is 16.1 Å². The summed E-state index contributed by atoms with van der Waals surface area (Å²) < 4.78 is 31.0. The summed E-state index contributed by atoms with van der Waals surface area (Å²) in [5.74, 6) is 0.178. The standard InChI is InChI=1S/C21H21FN2O5/c1-20(2)14-10-12(22)6-7-15(14)23(3)21(20)9-8-13-16(29-21)11-17(27-4)18(24(25)26)19(13)28-5/h6-11H,1-5H3. The van der Waals surface area contributed by atoms with Gasteiger partial charge in [0.05, 0.1) is 30.1 Å². The topological polar surface area (TPSA) is 74.1 Å². The molecule has 2 aromatic rings. The zero-order chi connectivity index (χ0) is 21.1. The second-order valence-corrected chi connectivity index (χ2v) is 7.61. The Morgan fingerprint density at radius 1 is 1.21 bits per heavy atom. The Morgan fingerprint density at radius 2 is 1.93 bits per heavy atom. The van der Waals surface area contributed by atoms with Crippen molar-refractivity contribution >= 4 is 17.5 Å². The SMILES string of the molecule is COc1cc2c(c(OC)c1[N+](=O)[O-])C=CC1(O2)N(C)c2ccc(F)cc2C1(C)C. The van der Waals surface area contributed by atoms with Crippen LogP contribution in [0, 0.1) is 15.9 Å². The molecule has 0 aromatic heterocycles. The molecule has 2 aromatic carbocycles. The van der Waals surface area contributed by atoms with Crippen LogP contribution in [-0.2, 0) is 5.41 Å². The normalized spacial score (nSPS) is 20.8. The Morgan fingerprint density at radius 3 is 2.55 bits per heavy atom. The van der Waals surface area contributed by atoms with E-state index in [-0.39, 0.29) is 23.0 Å². The van der Waals surface area contributed by atoms with Crippen LogP contribution in [0.5, 0.6) is 17.2 Å². The Balaban J connectivity index is 1.92. The molecule has 0 amide bonds. The van der Waals surface area contributed by atoms with E-state index in [0.717, 1.165) is 11.3 Å². The van der Waals surface area contributed by atoms with Crippen molar-refractivity contribution in [2.75, 3.05) is 26.2 Å². The molecule has 0 N–H and O–H groups in total. The highest BCUT2D eigenvalue weighted by atomic mass is 19.1. The summed E-state index contributed by atoms with van der Waals surface area (Å²) >= 11 is 0. The van der Waals surface area contributed by atoms with E-state index in [1.807, 2.05) is 31.9 Å². The molecule has 0 bridgehead atoms. The fourth-order valence-electron chi connectivity index (χ4n) is 4.40. The van der Waals surface area contributed by atoms with Gasteiger partial charge < -0.3 is 19.1 Å². The number of nitro groups is 1. The molecule has 0 radical (unpaired) electrons. The largest absolute Gasteiger partial charge is 0.490 e. The van der Waals surface area contributed by atoms with Crippen LogP contribution < -0.4 is 19.1 Å². The average molecular weight is 400 g/mol. The Bertz CT molecular complexity index is 1070. The number of rotatable bonds is 3. The number of hydrogen-bond acceptors (Lipinski definition) is 6. The molecule has 0 saturated carbocycles. The van der Waals surface area contributed by atoms with E-state index in [1.165, 1.54) is 32.4 Å². The predicted octanol–water partition coefficient (Wildman–Crippen LogP) is 4.28. The first-order valence-electron chi connectivity index (χ1n) is 9.03. The first-order valence-corrected chi connectivity index (χ1v) is 9.03. The summed E-state index contributed by atoms with van der Waals surface area (Å²) in [7, 11) is 4.60. The highest BCUT2D eigenvalue weighted by Gasteiger charge is 2.58. The lowest BCUT2D eigenvalue weighted by Gasteiger charge is -2.45. The van der Waals surface area contributed by atoms with Crippen molar-refractivity contribution in [1.29, 1.82) is 0 Å². The zero-order valence-corrected chi connectivity index (χ0v) is 16.8. The fraction of sp³-hybridized carbons (Fsp3) is 0.333. The van der Waals surface area contributed by atoms with E-state index >= 15 is 0 Å². The summed E-state index contributed by atoms with van der Waals surface area (Å²) in [6.07, 6.45) is 3.59. The van der Waals surface area contributed by atoms with Crippen LogP contribution in [0.2, 0.25) is 0 Å². The van der Waals surface area contributed by atoms with Gasteiger partial charge in [-0.15, -0.1) is 0 Å².